The second kappa shape index (κ2) is 13.2. The van der Waals surface area contributed by atoms with E-state index < -0.39 is 0 Å². The lowest BCUT2D eigenvalue weighted by Gasteiger charge is -2.18. The zero-order valence-electron chi connectivity index (χ0n) is 22.6. The Morgan fingerprint density at radius 1 is 1.00 bits per heavy atom. The molecular weight excluding hydrogens is 504 g/mol. The van der Waals surface area contributed by atoms with E-state index >= 15 is 0 Å². The van der Waals surface area contributed by atoms with Crippen molar-refractivity contribution in [2.45, 2.75) is 25.4 Å². The first-order valence-corrected chi connectivity index (χ1v) is 13.5. The summed E-state index contributed by atoms with van der Waals surface area (Å²) in [7, 11) is 1.56. The molecule has 1 atom stereocenters. The van der Waals surface area contributed by atoms with Gasteiger partial charge in [-0.1, -0.05) is 36.4 Å². The minimum atomic E-state index is -0.308. The third-order valence-electron chi connectivity index (χ3n) is 7.02. The Kier molecular flexibility index (Phi) is 9.00. The van der Waals surface area contributed by atoms with Gasteiger partial charge in [-0.05, 0) is 53.9 Å². The number of carbonyl (C=O) groups is 2. The molecule has 1 unspecified atom stereocenters. The minimum absolute atomic E-state index is 0.167. The van der Waals surface area contributed by atoms with Crippen LogP contribution in [0.4, 0.5) is 11.4 Å². The highest BCUT2D eigenvalue weighted by Crippen LogP contribution is 2.25. The molecule has 1 fully saturated rings. The number of benzene rings is 3. The van der Waals surface area contributed by atoms with Crippen molar-refractivity contribution >= 4 is 34.0 Å². The average Bonchev–Trinajstić information content (AvgIpc) is 3.41. The first-order chi connectivity index (χ1) is 19.6. The molecule has 0 bridgehead atoms. The summed E-state index contributed by atoms with van der Waals surface area (Å²) in [6, 6.07) is 23.7. The lowest BCUT2D eigenvalue weighted by molar-refractivity contribution is -0.144. The van der Waals surface area contributed by atoms with Crippen LogP contribution in [-0.2, 0) is 27.2 Å². The number of anilines is 2. The average molecular weight is 539 g/mol. The van der Waals surface area contributed by atoms with Gasteiger partial charge in [0.25, 0.3) is 5.91 Å². The zero-order valence-corrected chi connectivity index (χ0v) is 22.6. The van der Waals surface area contributed by atoms with Crippen molar-refractivity contribution in [3.05, 3.63) is 102 Å². The van der Waals surface area contributed by atoms with E-state index in [0.717, 1.165) is 48.3 Å². The second-order valence-electron chi connectivity index (χ2n) is 10.0. The molecular formula is C32H34N4O4. The fourth-order valence-corrected chi connectivity index (χ4v) is 5.00. The van der Waals surface area contributed by atoms with Crippen molar-refractivity contribution in [2.75, 3.05) is 44.0 Å². The van der Waals surface area contributed by atoms with Gasteiger partial charge in [-0.15, -0.1) is 0 Å². The van der Waals surface area contributed by atoms with E-state index in [9.17, 15) is 9.59 Å². The summed E-state index contributed by atoms with van der Waals surface area (Å²) in [5, 5.41) is 8.98. The van der Waals surface area contributed by atoms with E-state index in [1.165, 1.54) is 5.39 Å². The number of hydrogen-bond donors (Lipinski definition) is 2. The SMILES string of the molecule is COCCOC(=O)Cc1ccc(NC(=O)c2cccc(CN3CCC(Nc4cccc5cnccc45)C3)c2)cc1. The van der Waals surface area contributed by atoms with Crippen LogP contribution in [0.1, 0.15) is 27.9 Å². The maximum absolute atomic E-state index is 13.0. The van der Waals surface area contributed by atoms with Crippen LogP contribution in [0.3, 0.4) is 0 Å². The number of methoxy groups -OCH3 is 1. The quantitative estimate of drug-likeness (QED) is 0.207. The summed E-state index contributed by atoms with van der Waals surface area (Å²) in [5.74, 6) is -0.475. The lowest BCUT2D eigenvalue weighted by atomic mass is 10.1. The Morgan fingerprint density at radius 3 is 2.70 bits per heavy atom. The van der Waals surface area contributed by atoms with Crippen LogP contribution in [0.25, 0.3) is 10.8 Å². The standard InChI is InChI=1S/C32H34N4O4/c1-39-16-17-40-31(37)19-23-8-10-27(11-9-23)35-32(38)25-5-2-4-24(18-25)21-36-15-13-28(22-36)34-30-7-3-6-26-20-33-14-12-29(26)30/h2-12,14,18,20,28,34H,13,15-17,19,21-22H2,1H3,(H,35,38). The molecule has 40 heavy (non-hydrogen) atoms. The van der Waals surface area contributed by atoms with Gasteiger partial charge in [0, 0.05) is 72.9 Å². The Hall–Kier alpha value is -4.27. The molecule has 0 spiro atoms. The van der Waals surface area contributed by atoms with Crippen molar-refractivity contribution in [1.82, 2.24) is 9.88 Å². The van der Waals surface area contributed by atoms with Crippen LogP contribution in [-0.4, -0.2) is 61.2 Å². The number of likely N-dealkylation sites (tertiary alicyclic amines) is 1. The number of amides is 1. The summed E-state index contributed by atoms with van der Waals surface area (Å²) in [5.41, 5.74) is 4.34. The summed E-state index contributed by atoms with van der Waals surface area (Å²) in [6.07, 6.45) is 4.95. The predicted molar refractivity (Wildman–Crippen MR) is 156 cm³/mol. The Bertz CT molecular complexity index is 1450. The van der Waals surface area contributed by atoms with Gasteiger partial charge in [-0.3, -0.25) is 19.5 Å². The number of nitrogens with one attached hydrogen (secondary N) is 2. The van der Waals surface area contributed by atoms with Gasteiger partial charge in [-0.2, -0.15) is 0 Å². The number of aromatic nitrogens is 1. The van der Waals surface area contributed by atoms with Crippen molar-refractivity contribution in [3.63, 3.8) is 0 Å². The normalized spacial score (nSPS) is 15.2. The third kappa shape index (κ3) is 7.22. The molecule has 1 aromatic heterocycles. The van der Waals surface area contributed by atoms with E-state index in [2.05, 4.69) is 50.8 Å². The number of fused-ring (bicyclic) bond motifs is 1. The molecule has 1 amide bonds. The number of esters is 1. The highest BCUT2D eigenvalue weighted by molar-refractivity contribution is 6.04. The van der Waals surface area contributed by atoms with Gasteiger partial charge in [0.2, 0.25) is 0 Å². The molecule has 206 valence electrons. The van der Waals surface area contributed by atoms with Gasteiger partial charge >= 0.3 is 5.97 Å². The molecule has 0 aliphatic carbocycles. The number of carbonyl (C=O) groups excluding carboxylic acids is 2. The molecule has 1 aliphatic rings. The van der Waals surface area contributed by atoms with E-state index in [0.29, 0.717) is 23.9 Å². The first kappa shape index (κ1) is 27.3. The Labute approximate surface area is 234 Å². The molecule has 5 rings (SSSR count). The molecule has 2 N–H and O–H groups in total. The summed E-state index contributed by atoms with van der Waals surface area (Å²) >= 11 is 0. The number of nitrogens with zero attached hydrogens (tertiary/aromatic N) is 2. The maximum atomic E-state index is 13.0. The molecule has 1 saturated heterocycles. The largest absolute Gasteiger partial charge is 0.463 e. The summed E-state index contributed by atoms with van der Waals surface area (Å²) in [6.45, 7) is 3.32. The van der Waals surface area contributed by atoms with E-state index in [1.807, 2.05) is 42.7 Å². The predicted octanol–water partition coefficient (Wildman–Crippen LogP) is 4.91. The van der Waals surface area contributed by atoms with Gasteiger partial charge in [0.15, 0.2) is 0 Å². The van der Waals surface area contributed by atoms with E-state index in [4.69, 9.17) is 9.47 Å². The fourth-order valence-electron chi connectivity index (χ4n) is 5.00. The smallest absolute Gasteiger partial charge is 0.310 e. The Morgan fingerprint density at radius 2 is 1.85 bits per heavy atom. The highest BCUT2D eigenvalue weighted by Gasteiger charge is 2.23. The highest BCUT2D eigenvalue weighted by atomic mass is 16.6. The van der Waals surface area contributed by atoms with Gasteiger partial charge in [0.05, 0.1) is 13.0 Å². The molecule has 8 nitrogen and oxygen atoms in total. The number of ether oxygens (including phenoxy) is 2. The lowest BCUT2D eigenvalue weighted by Crippen LogP contribution is -2.26. The number of hydrogen-bond acceptors (Lipinski definition) is 7. The minimum Gasteiger partial charge on any atom is -0.463 e. The van der Waals surface area contributed by atoms with Crippen molar-refractivity contribution in [2.24, 2.45) is 0 Å². The van der Waals surface area contributed by atoms with Gasteiger partial charge < -0.3 is 20.1 Å². The van der Waals surface area contributed by atoms with Crippen molar-refractivity contribution in [3.8, 4) is 0 Å². The van der Waals surface area contributed by atoms with Crippen LogP contribution in [0.5, 0.6) is 0 Å². The second-order valence-corrected chi connectivity index (χ2v) is 10.0. The molecule has 2 heterocycles. The van der Waals surface area contributed by atoms with Crippen LogP contribution in [0, 0.1) is 0 Å². The molecule has 8 heteroatoms. The first-order valence-electron chi connectivity index (χ1n) is 13.5. The topological polar surface area (TPSA) is 92.8 Å². The van der Waals surface area contributed by atoms with Crippen molar-refractivity contribution in [1.29, 1.82) is 0 Å². The summed E-state index contributed by atoms with van der Waals surface area (Å²) < 4.78 is 9.99. The van der Waals surface area contributed by atoms with Crippen LogP contribution in [0.15, 0.2) is 85.2 Å². The van der Waals surface area contributed by atoms with Crippen LogP contribution >= 0.6 is 0 Å². The van der Waals surface area contributed by atoms with Crippen molar-refractivity contribution < 1.29 is 19.1 Å². The monoisotopic (exact) mass is 538 g/mol. The van der Waals surface area contributed by atoms with E-state index in [1.54, 1.807) is 19.2 Å². The molecule has 0 radical (unpaired) electrons. The van der Waals surface area contributed by atoms with Gasteiger partial charge in [-0.25, -0.2) is 0 Å². The molecule has 4 aromatic rings. The maximum Gasteiger partial charge on any atom is 0.310 e. The molecule has 0 saturated carbocycles. The Balaban J connectivity index is 1.13. The van der Waals surface area contributed by atoms with Crippen LogP contribution in [0.2, 0.25) is 0 Å². The number of pyridine rings is 1. The number of rotatable bonds is 11. The fraction of sp³-hybridized carbons (Fsp3) is 0.281. The summed E-state index contributed by atoms with van der Waals surface area (Å²) in [4.78, 5) is 31.5. The van der Waals surface area contributed by atoms with Gasteiger partial charge in [0.1, 0.15) is 6.61 Å². The zero-order chi connectivity index (χ0) is 27.7. The molecule has 1 aliphatic heterocycles. The molecule has 3 aromatic carbocycles. The van der Waals surface area contributed by atoms with Crippen LogP contribution < -0.4 is 10.6 Å². The third-order valence-corrected chi connectivity index (χ3v) is 7.02. The van der Waals surface area contributed by atoms with E-state index in [-0.39, 0.29) is 24.9 Å².